The van der Waals surface area contributed by atoms with E-state index < -0.39 is 0 Å². The number of benzene rings is 1. The Kier molecular flexibility index (Phi) is 8.99. The van der Waals surface area contributed by atoms with Gasteiger partial charge < -0.3 is 10.6 Å². The van der Waals surface area contributed by atoms with E-state index in [2.05, 4.69) is 64.7 Å². The Hall–Kier alpha value is -1.61. The zero-order chi connectivity index (χ0) is 21.8. The lowest BCUT2D eigenvalue weighted by Crippen LogP contribution is -2.52. The van der Waals surface area contributed by atoms with Gasteiger partial charge in [-0.05, 0) is 44.1 Å². The summed E-state index contributed by atoms with van der Waals surface area (Å²) in [5.74, 6) is 0.911. The minimum atomic E-state index is 0. The molecule has 6 nitrogen and oxygen atoms in total. The van der Waals surface area contributed by atoms with Crippen LogP contribution in [0.25, 0.3) is 0 Å². The van der Waals surface area contributed by atoms with Crippen molar-refractivity contribution in [2.24, 2.45) is 12.0 Å². The van der Waals surface area contributed by atoms with Crippen molar-refractivity contribution >= 4 is 29.9 Å². The SMILES string of the molecule is CCc1nn(C)c(CC)c1CNC(=NC)NC1CC2CCC(C1)N2Cc1ccccc1.I. The van der Waals surface area contributed by atoms with Crippen molar-refractivity contribution in [1.82, 2.24) is 25.3 Å². The normalized spacial score (nSPS) is 23.1. The van der Waals surface area contributed by atoms with Crippen LogP contribution < -0.4 is 10.6 Å². The van der Waals surface area contributed by atoms with Crippen LogP contribution in [0.15, 0.2) is 35.3 Å². The van der Waals surface area contributed by atoms with Gasteiger partial charge in [0.15, 0.2) is 5.96 Å². The molecular weight excluding hydrogens is 511 g/mol. The Morgan fingerprint density at radius 3 is 2.38 bits per heavy atom. The Bertz CT molecular complexity index is 879. The van der Waals surface area contributed by atoms with Gasteiger partial charge in [0, 0.05) is 56.6 Å². The lowest BCUT2D eigenvalue weighted by atomic mass is 9.96. The van der Waals surface area contributed by atoms with Gasteiger partial charge >= 0.3 is 0 Å². The van der Waals surface area contributed by atoms with E-state index in [9.17, 15) is 0 Å². The van der Waals surface area contributed by atoms with Gasteiger partial charge in [0.1, 0.15) is 0 Å². The summed E-state index contributed by atoms with van der Waals surface area (Å²) in [4.78, 5) is 7.26. The van der Waals surface area contributed by atoms with Crippen LogP contribution in [0.5, 0.6) is 0 Å². The highest BCUT2D eigenvalue weighted by atomic mass is 127. The molecule has 32 heavy (non-hydrogen) atoms. The van der Waals surface area contributed by atoms with Gasteiger partial charge in [0.05, 0.1) is 5.69 Å². The van der Waals surface area contributed by atoms with Gasteiger partial charge in [-0.1, -0.05) is 44.2 Å². The second-order valence-electron chi connectivity index (χ2n) is 8.98. The smallest absolute Gasteiger partial charge is 0.191 e. The number of guanidine groups is 1. The minimum absolute atomic E-state index is 0. The van der Waals surface area contributed by atoms with E-state index in [0.717, 1.165) is 31.9 Å². The van der Waals surface area contributed by atoms with E-state index >= 15 is 0 Å². The van der Waals surface area contributed by atoms with Crippen molar-refractivity contribution < 1.29 is 0 Å². The molecular formula is C25H39IN6. The van der Waals surface area contributed by atoms with Gasteiger partial charge in [0.2, 0.25) is 0 Å². The van der Waals surface area contributed by atoms with Crippen LogP contribution in [0.4, 0.5) is 0 Å². The summed E-state index contributed by atoms with van der Waals surface area (Å²) < 4.78 is 2.03. The number of aromatic nitrogens is 2. The van der Waals surface area contributed by atoms with Crippen LogP contribution in [0.2, 0.25) is 0 Å². The van der Waals surface area contributed by atoms with Crippen molar-refractivity contribution in [2.75, 3.05) is 7.05 Å². The highest BCUT2D eigenvalue weighted by molar-refractivity contribution is 14.0. The van der Waals surface area contributed by atoms with Gasteiger partial charge in [-0.2, -0.15) is 5.10 Å². The molecule has 2 fully saturated rings. The van der Waals surface area contributed by atoms with Crippen molar-refractivity contribution in [3.63, 3.8) is 0 Å². The molecule has 2 N–H and O–H groups in total. The fourth-order valence-electron chi connectivity index (χ4n) is 5.60. The van der Waals surface area contributed by atoms with Gasteiger partial charge in [-0.25, -0.2) is 0 Å². The molecule has 0 radical (unpaired) electrons. The third-order valence-electron chi connectivity index (χ3n) is 7.12. The van der Waals surface area contributed by atoms with Crippen LogP contribution >= 0.6 is 24.0 Å². The van der Waals surface area contributed by atoms with Crippen molar-refractivity contribution in [3.8, 4) is 0 Å². The maximum absolute atomic E-state index is 4.70. The number of halogens is 1. The number of hydrogen-bond donors (Lipinski definition) is 2. The molecule has 3 heterocycles. The van der Waals surface area contributed by atoms with Crippen LogP contribution in [-0.4, -0.2) is 45.8 Å². The van der Waals surface area contributed by atoms with Gasteiger partial charge in [-0.15, -0.1) is 24.0 Å². The molecule has 2 aliphatic heterocycles. The number of rotatable bonds is 7. The molecule has 1 aromatic carbocycles. The van der Waals surface area contributed by atoms with Crippen LogP contribution in [0.1, 0.15) is 62.0 Å². The zero-order valence-corrected chi connectivity index (χ0v) is 22.3. The molecule has 2 aliphatic rings. The molecule has 0 saturated carbocycles. The fourth-order valence-corrected chi connectivity index (χ4v) is 5.60. The molecule has 2 saturated heterocycles. The highest BCUT2D eigenvalue weighted by Gasteiger charge is 2.40. The number of piperidine rings is 1. The summed E-state index contributed by atoms with van der Waals surface area (Å²) in [7, 11) is 3.92. The number of hydrogen-bond acceptors (Lipinski definition) is 3. The first-order chi connectivity index (χ1) is 15.1. The molecule has 2 atom stereocenters. The molecule has 2 unspecified atom stereocenters. The third kappa shape index (κ3) is 5.47. The maximum atomic E-state index is 4.70. The quantitative estimate of drug-likeness (QED) is 0.311. The Morgan fingerprint density at radius 2 is 1.78 bits per heavy atom. The topological polar surface area (TPSA) is 57.5 Å². The van der Waals surface area contributed by atoms with Gasteiger partial charge in [-0.3, -0.25) is 14.6 Å². The van der Waals surface area contributed by atoms with Crippen molar-refractivity contribution in [2.45, 2.75) is 83.6 Å². The standard InChI is InChI=1S/C25H38N6.HI/c1-5-23-22(24(6-2)30(4)29-23)16-27-25(26-3)28-19-14-20-12-13-21(15-19)31(20)17-18-10-8-7-9-11-18;/h7-11,19-21H,5-6,12-17H2,1-4H3,(H2,26,27,28);1H. The van der Waals surface area contributed by atoms with Crippen LogP contribution in [-0.2, 0) is 33.0 Å². The first-order valence-corrected chi connectivity index (χ1v) is 11.9. The predicted molar refractivity (Wildman–Crippen MR) is 143 cm³/mol. The van der Waals surface area contributed by atoms with E-state index in [1.165, 1.54) is 48.2 Å². The molecule has 2 aromatic rings. The third-order valence-corrected chi connectivity index (χ3v) is 7.12. The average molecular weight is 551 g/mol. The number of nitrogens with zero attached hydrogens (tertiary/aromatic N) is 4. The summed E-state index contributed by atoms with van der Waals surface area (Å²) in [5.41, 5.74) is 5.26. The first kappa shape index (κ1) is 25.0. The number of aryl methyl sites for hydroxylation is 2. The lowest BCUT2D eigenvalue weighted by Gasteiger charge is -2.39. The molecule has 4 rings (SSSR count). The fraction of sp³-hybridized carbons (Fsp3) is 0.600. The number of nitrogens with one attached hydrogen (secondary N) is 2. The molecule has 7 heteroatoms. The Balaban J connectivity index is 0.00000289. The monoisotopic (exact) mass is 550 g/mol. The van der Waals surface area contributed by atoms with Crippen LogP contribution in [0.3, 0.4) is 0 Å². The Morgan fingerprint density at radius 1 is 1.09 bits per heavy atom. The zero-order valence-electron chi connectivity index (χ0n) is 20.0. The predicted octanol–water partition coefficient (Wildman–Crippen LogP) is 4.02. The largest absolute Gasteiger partial charge is 0.354 e. The molecule has 1 aromatic heterocycles. The highest BCUT2D eigenvalue weighted by Crippen LogP contribution is 2.36. The molecule has 0 aliphatic carbocycles. The van der Waals surface area contributed by atoms with Gasteiger partial charge in [0.25, 0.3) is 0 Å². The van der Waals surface area contributed by atoms with Crippen molar-refractivity contribution in [1.29, 1.82) is 0 Å². The van der Waals surface area contributed by atoms with Crippen LogP contribution in [0, 0.1) is 0 Å². The lowest BCUT2D eigenvalue weighted by molar-refractivity contribution is 0.114. The Labute approximate surface area is 210 Å². The second-order valence-corrected chi connectivity index (χ2v) is 8.98. The molecule has 0 spiro atoms. The summed E-state index contributed by atoms with van der Waals surface area (Å²) in [6, 6.07) is 12.7. The van der Waals surface area contributed by atoms with E-state index in [1.807, 2.05) is 18.8 Å². The minimum Gasteiger partial charge on any atom is -0.354 e. The average Bonchev–Trinajstić information content (AvgIpc) is 3.21. The number of aliphatic imine (C=N–C) groups is 1. The van der Waals surface area contributed by atoms with E-state index in [4.69, 9.17) is 5.10 Å². The van der Waals surface area contributed by atoms with E-state index in [-0.39, 0.29) is 24.0 Å². The molecule has 2 bridgehead atoms. The van der Waals surface area contributed by atoms with E-state index in [0.29, 0.717) is 18.1 Å². The summed E-state index contributed by atoms with van der Waals surface area (Å²) in [6.07, 6.45) is 6.97. The summed E-state index contributed by atoms with van der Waals surface area (Å²) >= 11 is 0. The molecule has 176 valence electrons. The molecule has 0 amide bonds. The number of fused-ring (bicyclic) bond motifs is 2. The second kappa shape index (κ2) is 11.5. The summed E-state index contributed by atoms with van der Waals surface area (Å²) in [6.45, 7) is 6.24. The summed E-state index contributed by atoms with van der Waals surface area (Å²) in [5, 5.41) is 12.0. The first-order valence-electron chi connectivity index (χ1n) is 11.9. The maximum Gasteiger partial charge on any atom is 0.191 e. The van der Waals surface area contributed by atoms with E-state index in [1.54, 1.807) is 0 Å². The van der Waals surface area contributed by atoms with Crippen molar-refractivity contribution in [3.05, 3.63) is 52.8 Å².